The molecule has 0 saturated heterocycles. The van der Waals surface area contributed by atoms with Crippen molar-refractivity contribution in [2.75, 3.05) is 0 Å². The van der Waals surface area contributed by atoms with E-state index in [1.54, 1.807) is 6.92 Å². The van der Waals surface area contributed by atoms with Crippen LogP contribution in [0.25, 0.3) is 0 Å². The molecule has 7 heavy (non-hydrogen) atoms. The largest absolute Gasteiger partial charge is 0.285 e. The van der Waals surface area contributed by atoms with E-state index in [1.165, 1.54) is 12.4 Å². The minimum Gasteiger partial charge on any atom is -0.285 e. The monoisotopic (exact) mass is 97.0 g/mol. The molecule has 37 valence electrons. The van der Waals surface area contributed by atoms with Gasteiger partial charge in [-0.1, -0.05) is 6.08 Å². The van der Waals surface area contributed by atoms with Gasteiger partial charge in [0, 0.05) is 0 Å². The van der Waals surface area contributed by atoms with Crippen LogP contribution in [0.1, 0.15) is 6.92 Å². The van der Waals surface area contributed by atoms with Crippen molar-refractivity contribution in [3.63, 3.8) is 0 Å². The maximum Gasteiger partial charge on any atom is 0.276 e. The predicted molar refractivity (Wildman–Crippen MR) is 25.5 cm³/mol. The molecule has 0 rings (SSSR count). The van der Waals surface area contributed by atoms with Crippen molar-refractivity contribution < 1.29 is 9.59 Å². The van der Waals surface area contributed by atoms with Gasteiger partial charge in [-0.25, -0.2) is 0 Å². The lowest BCUT2D eigenvalue weighted by atomic mass is 10.4. The van der Waals surface area contributed by atoms with Gasteiger partial charge >= 0.3 is 0 Å². The number of rotatable bonds is 2. The van der Waals surface area contributed by atoms with Crippen LogP contribution in [0.2, 0.25) is 0 Å². The fourth-order valence-corrected chi connectivity index (χ4v) is 0.185. The SMILES string of the molecule is CC=CC(=O)[C]=O. The van der Waals surface area contributed by atoms with E-state index in [-0.39, 0.29) is 0 Å². The lowest BCUT2D eigenvalue weighted by molar-refractivity contribution is -0.109. The summed E-state index contributed by atoms with van der Waals surface area (Å²) in [7, 11) is 0. The molecule has 1 radical (unpaired) electrons. The summed E-state index contributed by atoms with van der Waals surface area (Å²) in [5.74, 6) is -0.609. The molecule has 0 aliphatic rings. The van der Waals surface area contributed by atoms with Crippen molar-refractivity contribution in [3.05, 3.63) is 12.2 Å². The second-order valence-corrected chi connectivity index (χ2v) is 0.966. The van der Waals surface area contributed by atoms with Crippen molar-refractivity contribution in [1.82, 2.24) is 0 Å². The van der Waals surface area contributed by atoms with Crippen LogP contribution >= 0.6 is 0 Å². The molecule has 0 N–H and O–H groups in total. The standard InChI is InChI=1S/C5H5O2/c1-2-3-5(7)4-6/h2-3H,1H3. The number of hydrogen-bond acceptors (Lipinski definition) is 2. The minimum atomic E-state index is -0.609. The van der Waals surface area contributed by atoms with Crippen LogP contribution in [0.5, 0.6) is 0 Å². The van der Waals surface area contributed by atoms with E-state index >= 15 is 0 Å². The summed E-state index contributed by atoms with van der Waals surface area (Å²) >= 11 is 0. The molecular weight excluding hydrogens is 92.1 g/mol. The van der Waals surface area contributed by atoms with Crippen molar-refractivity contribution in [1.29, 1.82) is 0 Å². The Morgan fingerprint density at radius 1 is 1.71 bits per heavy atom. The third-order valence-electron chi connectivity index (χ3n) is 0.419. The highest BCUT2D eigenvalue weighted by atomic mass is 16.2. The maximum atomic E-state index is 9.90. The topological polar surface area (TPSA) is 34.1 Å². The molecule has 0 aromatic rings. The van der Waals surface area contributed by atoms with E-state index in [0.717, 1.165) is 6.08 Å². The molecule has 0 aliphatic carbocycles. The molecule has 0 amide bonds. The summed E-state index contributed by atoms with van der Waals surface area (Å²) in [6.07, 6.45) is 3.84. The van der Waals surface area contributed by atoms with Gasteiger partial charge in [0.2, 0.25) is 5.78 Å². The zero-order valence-electron chi connectivity index (χ0n) is 3.97. The molecule has 0 aromatic carbocycles. The van der Waals surface area contributed by atoms with Crippen LogP contribution in [-0.4, -0.2) is 12.1 Å². The number of carbonyl (C=O) groups is 1. The Kier molecular flexibility index (Phi) is 2.85. The fraction of sp³-hybridized carbons (Fsp3) is 0.200. The molecule has 2 heteroatoms. The third kappa shape index (κ3) is 2.89. The van der Waals surface area contributed by atoms with E-state index in [2.05, 4.69) is 0 Å². The highest BCUT2D eigenvalue weighted by Gasteiger charge is 1.86. The van der Waals surface area contributed by atoms with Gasteiger partial charge in [-0.15, -0.1) is 0 Å². The third-order valence-corrected chi connectivity index (χ3v) is 0.419. The van der Waals surface area contributed by atoms with Crippen molar-refractivity contribution >= 4 is 12.1 Å². The fourth-order valence-electron chi connectivity index (χ4n) is 0.185. The summed E-state index contributed by atoms with van der Waals surface area (Å²) in [6, 6.07) is 0. The van der Waals surface area contributed by atoms with Gasteiger partial charge in [0.1, 0.15) is 0 Å². The van der Waals surface area contributed by atoms with Gasteiger partial charge in [0.05, 0.1) is 0 Å². The Hall–Kier alpha value is -0.920. The van der Waals surface area contributed by atoms with Gasteiger partial charge in [-0.3, -0.25) is 9.59 Å². The molecule has 0 aliphatic heterocycles. The molecule has 0 aromatic heterocycles. The summed E-state index contributed by atoms with van der Waals surface area (Å²) in [6.45, 7) is 1.66. The van der Waals surface area contributed by atoms with Crippen molar-refractivity contribution in [2.45, 2.75) is 6.92 Å². The average molecular weight is 97.1 g/mol. The number of carbonyl (C=O) groups excluding carboxylic acids is 2. The Morgan fingerprint density at radius 3 is 2.43 bits per heavy atom. The first-order chi connectivity index (χ1) is 3.31. The molecule has 0 heterocycles. The predicted octanol–water partition coefficient (Wildman–Crippen LogP) is 0.241. The smallest absolute Gasteiger partial charge is 0.276 e. The van der Waals surface area contributed by atoms with E-state index in [0.29, 0.717) is 0 Å². The van der Waals surface area contributed by atoms with E-state index < -0.39 is 5.78 Å². The average Bonchev–Trinajstić information content (AvgIpc) is 1.68. The molecule has 0 bridgehead atoms. The van der Waals surface area contributed by atoms with Crippen LogP contribution in [0.15, 0.2) is 12.2 Å². The first-order valence-corrected chi connectivity index (χ1v) is 1.86. The Bertz CT molecular complexity index is 103. The van der Waals surface area contributed by atoms with E-state index in [1.807, 2.05) is 0 Å². The second kappa shape index (κ2) is 3.28. The molecule has 0 spiro atoms. The van der Waals surface area contributed by atoms with Crippen LogP contribution in [0.3, 0.4) is 0 Å². The quantitative estimate of drug-likeness (QED) is 0.365. The van der Waals surface area contributed by atoms with Crippen LogP contribution < -0.4 is 0 Å². The summed E-state index contributed by atoms with van der Waals surface area (Å²) in [5, 5.41) is 0. The van der Waals surface area contributed by atoms with Crippen LogP contribution in [-0.2, 0) is 9.59 Å². The molecule has 0 unspecified atom stereocenters. The van der Waals surface area contributed by atoms with Gasteiger partial charge in [0.15, 0.2) is 0 Å². The van der Waals surface area contributed by atoms with E-state index in [9.17, 15) is 9.59 Å². The van der Waals surface area contributed by atoms with Crippen molar-refractivity contribution in [2.24, 2.45) is 0 Å². The number of ketones is 1. The normalized spacial score (nSPS) is 9.29. The number of hydrogen-bond donors (Lipinski definition) is 0. The van der Waals surface area contributed by atoms with E-state index in [4.69, 9.17) is 0 Å². The van der Waals surface area contributed by atoms with Gasteiger partial charge < -0.3 is 0 Å². The minimum absolute atomic E-state index is 0.609. The summed E-state index contributed by atoms with van der Waals surface area (Å²) in [5.41, 5.74) is 0. The highest BCUT2D eigenvalue weighted by molar-refractivity contribution is 6.30. The zero-order chi connectivity index (χ0) is 5.70. The first kappa shape index (κ1) is 6.08. The lowest BCUT2D eigenvalue weighted by Gasteiger charge is -1.66. The zero-order valence-corrected chi connectivity index (χ0v) is 3.97. The van der Waals surface area contributed by atoms with Gasteiger partial charge in [-0.05, 0) is 13.0 Å². The number of allylic oxidation sites excluding steroid dienone is 2. The molecule has 0 atom stereocenters. The lowest BCUT2D eigenvalue weighted by Crippen LogP contribution is -1.89. The van der Waals surface area contributed by atoms with Gasteiger partial charge in [0.25, 0.3) is 6.29 Å². The molecule has 0 fully saturated rings. The summed E-state index contributed by atoms with van der Waals surface area (Å²) in [4.78, 5) is 19.3. The molecule has 2 nitrogen and oxygen atoms in total. The first-order valence-electron chi connectivity index (χ1n) is 1.86. The highest BCUT2D eigenvalue weighted by Crippen LogP contribution is 1.67. The summed E-state index contributed by atoms with van der Waals surface area (Å²) < 4.78 is 0. The van der Waals surface area contributed by atoms with Crippen LogP contribution in [0, 0.1) is 0 Å². The molecular formula is C5H5O2. The Labute approximate surface area is 41.8 Å². The maximum absolute atomic E-state index is 9.90. The molecule has 0 saturated carbocycles. The Balaban J connectivity index is 3.58. The van der Waals surface area contributed by atoms with Gasteiger partial charge in [-0.2, -0.15) is 0 Å². The van der Waals surface area contributed by atoms with Crippen molar-refractivity contribution in [3.8, 4) is 0 Å². The Morgan fingerprint density at radius 2 is 2.29 bits per heavy atom. The second-order valence-electron chi connectivity index (χ2n) is 0.966. The van der Waals surface area contributed by atoms with Crippen LogP contribution in [0.4, 0.5) is 0 Å².